The molecule has 156 valence electrons. The Morgan fingerprint density at radius 3 is 2.55 bits per heavy atom. The summed E-state index contributed by atoms with van der Waals surface area (Å²) in [5, 5.41) is 3.06. The van der Waals surface area contributed by atoms with Gasteiger partial charge in [0, 0.05) is 40.4 Å². The highest BCUT2D eigenvalue weighted by Gasteiger charge is 2.54. The van der Waals surface area contributed by atoms with Crippen LogP contribution >= 0.6 is 0 Å². The van der Waals surface area contributed by atoms with Crippen LogP contribution in [0.5, 0.6) is 0 Å². The lowest BCUT2D eigenvalue weighted by molar-refractivity contribution is -0.739. The van der Waals surface area contributed by atoms with Gasteiger partial charge in [-0.1, -0.05) is 11.6 Å². The average molecular weight is 412 g/mol. The molecule has 0 spiro atoms. The summed E-state index contributed by atoms with van der Waals surface area (Å²) in [6, 6.07) is 3.49. The molecule has 1 aromatic carbocycles. The van der Waals surface area contributed by atoms with Gasteiger partial charge in [0.1, 0.15) is 10.7 Å². The molecule has 2 aliphatic rings. The minimum Gasteiger partial charge on any atom is -0.346 e. The number of hydrogen-bond donors (Lipinski definition) is 1. The number of hydrogen-bond acceptors (Lipinski definition) is 3. The topological polar surface area (TPSA) is 72.5 Å². The summed E-state index contributed by atoms with van der Waals surface area (Å²) in [4.78, 5) is 37.2. The van der Waals surface area contributed by atoms with E-state index in [4.69, 9.17) is 0 Å². The van der Waals surface area contributed by atoms with Gasteiger partial charge in [0.25, 0.3) is 0 Å². The van der Waals surface area contributed by atoms with Gasteiger partial charge in [0.2, 0.25) is 24.0 Å². The molecule has 2 fully saturated rings. The highest BCUT2D eigenvalue weighted by molar-refractivity contribution is 5.86. The number of carbonyl (C=O) groups excluding carboxylic acids is 1. The Hall–Kier alpha value is -2.78. The van der Waals surface area contributed by atoms with Gasteiger partial charge in [0.05, 0.1) is 18.0 Å². The number of benzene rings is 1. The molecular weight excluding hydrogens is 389 g/mol. The number of hydrazine groups is 1. The molecule has 0 saturated carbocycles. The van der Waals surface area contributed by atoms with Crippen LogP contribution in [-0.4, -0.2) is 52.3 Å². The molecule has 0 aromatic heterocycles. The third-order valence-corrected chi connectivity index (χ3v) is 5.68. The van der Waals surface area contributed by atoms with Gasteiger partial charge in [-0.15, -0.1) is 0 Å². The number of rotatable bonds is 6. The molecule has 1 N–H and O–H groups in total. The zero-order valence-electron chi connectivity index (χ0n) is 15.7. The Morgan fingerprint density at radius 2 is 1.97 bits per heavy atom. The quantitative estimate of drug-likeness (QED) is 0.443. The minimum atomic E-state index is -2.88. The number of nitrogens with one attached hydrogen (secondary N) is 1. The van der Waals surface area contributed by atoms with Gasteiger partial charge in [-0.3, -0.25) is 4.79 Å². The van der Waals surface area contributed by atoms with Gasteiger partial charge in [-0.05, 0) is 30.3 Å². The molecule has 0 bridgehead atoms. The summed E-state index contributed by atoms with van der Waals surface area (Å²) >= 11 is 0. The van der Waals surface area contributed by atoms with Crippen LogP contribution in [-0.2, 0) is 4.79 Å². The summed E-state index contributed by atoms with van der Waals surface area (Å²) < 4.78 is 40.2. The predicted octanol–water partition coefficient (Wildman–Crippen LogP) is 2.72. The van der Waals surface area contributed by atoms with E-state index in [9.17, 15) is 27.8 Å². The standard InChI is InChI=1S/C19H22F3N4O3/c1-2-18(27)23-11-15-9-13(16-7-8-24(19(21)22)26(16)29)10-17(25(15)28)12-3-5-14(20)6-4-12/h2-6,13,15-17,19H,1,7-11H2/q+1/p+1. The smallest absolute Gasteiger partial charge is 0.346 e. The zero-order valence-corrected chi connectivity index (χ0v) is 15.7. The van der Waals surface area contributed by atoms with E-state index < -0.39 is 36.4 Å². The lowest BCUT2D eigenvalue weighted by atomic mass is 9.80. The van der Waals surface area contributed by atoms with Crippen molar-refractivity contribution in [2.45, 2.75) is 43.9 Å². The highest BCUT2D eigenvalue weighted by atomic mass is 19.3. The summed E-state index contributed by atoms with van der Waals surface area (Å²) in [6.45, 7) is 0.463. The van der Waals surface area contributed by atoms with Crippen molar-refractivity contribution in [3.8, 4) is 0 Å². The Balaban J connectivity index is 1.84. The van der Waals surface area contributed by atoms with Crippen LogP contribution in [0.25, 0.3) is 0 Å². The van der Waals surface area contributed by atoms with Crippen molar-refractivity contribution >= 4 is 5.91 Å². The molecule has 1 amide bonds. The number of amides is 1. The normalized spacial score (nSPS) is 27.4. The Bertz CT molecular complexity index is 802. The van der Waals surface area contributed by atoms with Crippen LogP contribution in [0.3, 0.4) is 0 Å². The van der Waals surface area contributed by atoms with Crippen molar-refractivity contribution in [3.05, 3.63) is 58.1 Å². The third kappa shape index (κ3) is 4.46. The van der Waals surface area contributed by atoms with E-state index in [-0.39, 0.29) is 38.3 Å². The first-order chi connectivity index (χ1) is 13.8. The molecule has 29 heavy (non-hydrogen) atoms. The summed E-state index contributed by atoms with van der Waals surface area (Å²) in [5.74, 6) is -1.21. The number of carbonyl (C=O) groups is 1. The van der Waals surface area contributed by atoms with Crippen molar-refractivity contribution in [1.82, 2.24) is 10.3 Å². The maximum Gasteiger partial charge on any atom is 0.362 e. The number of alkyl halides is 2. The van der Waals surface area contributed by atoms with E-state index in [1.165, 1.54) is 24.3 Å². The Kier molecular flexibility index (Phi) is 6.29. The second-order valence-corrected chi connectivity index (χ2v) is 7.36. The first-order valence-corrected chi connectivity index (χ1v) is 9.44. The van der Waals surface area contributed by atoms with E-state index >= 15 is 0 Å². The maximum atomic E-state index is 13.3. The third-order valence-electron chi connectivity index (χ3n) is 5.68. The molecule has 4 unspecified atom stereocenters. The van der Waals surface area contributed by atoms with Crippen molar-refractivity contribution in [2.75, 3.05) is 13.1 Å². The second-order valence-electron chi connectivity index (χ2n) is 7.36. The molecule has 2 saturated heterocycles. The van der Waals surface area contributed by atoms with E-state index in [0.717, 1.165) is 10.8 Å². The molecule has 2 aliphatic heterocycles. The van der Waals surface area contributed by atoms with E-state index in [1.807, 2.05) is 0 Å². The zero-order chi connectivity index (χ0) is 21.1. The fourth-order valence-corrected chi connectivity index (χ4v) is 4.20. The molecule has 7 nitrogen and oxygen atoms in total. The Morgan fingerprint density at radius 1 is 1.28 bits per heavy atom. The van der Waals surface area contributed by atoms with E-state index in [0.29, 0.717) is 15.4 Å². The highest BCUT2D eigenvalue weighted by Crippen LogP contribution is 2.39. The Labute approximate surface area is 165 Å². The second kappa shape index (κ2) is 8.71. The number of halogens is 3. The lowest BCUT2D eigenvalue weighted by Crippen LogP contribution is -2.48. The fourth-order valence-electron chi connectivity index (χ4n) is 4.20. The van der Waals surface area contributed by atoms with Crippen molar-refractivity contribution in [2.24, 2.45) is 5.92 Å². The predicted molar refractivity (Wildman–Crippen MR) is 97.2 cm³/mol. The first kappa shape index (κ1) is 20.9. The largest absolute Gasteiger partial charge is 0.362 e. The van der Waals surface area contributed by atoms with Crippen molar-refractivity contribution in [1.29, 1.82) is 0 Å². The summed E-state index contributed by atoms with van der Waals surface area (Å²) in [6.07, 6.45) is 1.91. The minimum absolute atomic E-state index is 0.0344. The van der Waals surface area contributed by atoms with Crippen LogP contribution < -0.4 is 5.32 Å². The molecule has 3 rings (SSSR count). The van der Waals surface area contributed by atoms with Crippen LogP contribution in [0.4, 0.5) is 13.2 Å². The van der Waals surface area contributed by atoms with Crippen molar-refractivity contribution in [3.63, 3.8) is 0 Å². The van der Waals surface area contributed by atoms with Crippen LogP contribution in [0.15, 0.2) is 36.9 Å². The molecule has 0 radical (unpaired) electrons. The number of nitroso groups, excluding NO2 is 2. The molecule has 4 atom stereocenters. The lowest BCUT2D eigenvalue weighted by Gasteiger charge is -2.28. The van der Waals surface area contributed by atoms with Gasteiger partial charge >= 0.3 is 6.55 Å². The summed E-state index contributed by atoms with van der Waals surface area (Å²) in [7, 11) is 0. The molecule has 2 heterocycles. The van der Waals surface area contributed by atoms with Crippen molar-refractivity contribution < 1.29 is 27.6 Å². The molecule has 0 aliphatic carbocycles. The number of piperidine rings is 1. The van der Waals surface area contributed by atoms with E-state index in [2.05, 4.69) is 11.9 Å². The summed E-state index contributed by atoms with van der Waals surface area (Å²) in [5.41, 5.74) is 0.576. The van der Waals surface area contributed by atoms with Gasteiger partial charge < -0.3 is 5.32 Å². The van der Waals surface area contributed by atoms with Crippen LogP contribution in [0.1, 0.15) is 30.9 Å². The number of nitrogens with zero attached hydrogens (tertiary/aromatic N) is 3. The van der Waals surface area contributed by atoms with Gasteiger partial charge in [-0.2, -0.15) is 8.78 Å². The van der Waals surface area contributed by atoms with Gasteiger partial charge in [-0.25, -0.2) is 4.39 Å². The monoisotopic (exact) mass is 412 g/mol. The molecule has 10 heteroatoms. The molecular formula is C19H23F3N4O3+2. The SMILES string of the molecule is C=CC(=O)NCC1CC(C2CCN(C(F)F)[N+]2=O)CC(c2ccc(F)cc2)[N+]1=O. The fraction of sp³-hybridized carbons (Fsp3) is 0.526. The average Bonchev–Trinajstić information content (AvgIpc) is 3.09. The molecule has 1 aromatic rings. The van der Waals surface area contributed by atoms with Gasteiger partial charge in [0.15, 0.2) is 0 Å². The first-order valence-electron chi connectivity index (χ1n) is 9.44. The van der Waals surface area contributed by atoms with Crippen LogP contribution in [0, 0.1) is 21.5 Å². The van der Waals surface area contributed by atoms with E-state index in [1.54, 1.807) is 0 Å². The van der Waals surface area contributed by atoms with Crippen LogP contribution in [0.2, 0.25) is 0 Å². The maximum absolute atomic E-state index is 13.3.